The van der Waals surface area contributed by atoms with Crippen molar-refractivity contribution in [2.24, 2.45) is 0 Å². The summed E-state index contributed by atoms with van der Waals surface area (Å²) in [6.45, 7) is 0. The molecule has 2 N–H and O–H groups in total. The number of benzene rings is 1. The van der Waals surface area contributed by atoms with Crippen molar-refractivity contribution in [1.29, 1.82) is 5.26 Å². The first-order valence-corrected chi connectivity index (χ1v) is 4.31. The summed E-state index contributed by atoms with van der Waals surface area (Å²) in [6, 6.07) is 11.2. The van der Waals surface area contributed by atoms with Crippen LogP contribution in [0.4, 0.5) is 0 Å². The highest BCUT2D eigenvalue weighted by atomic mass is 35.5. The van der Waals surface area contributed by atoms with Gasteiger partial charge in [-0.25, -0.2) is 0 Å². The third-order valence-corrected chi connectivity index (χ3v) is 1.52. The molecule has 0 spiro atoms. The Balaban J connectivity index is 0. The van der Waals surface area contributed by atoms with E-state index in [-0.39, 0.29) is 11.4 Å². The Hall–Kier alpha value is -1.08. The first kappa shape index (κ1) is 15.4. The topological polar surface area (TPSA) is 72.4 Å². The van der Waals surface area contributed by atoms with Crippen LogP contribution < -0.4 is 0 Å². The molecule has 0 unspecified atom stereocenters. The van der Waals surface area contributed by atoms with Gasteiger partial charge in [0.05, 0.1) is 17.5 Å². The van der Waals surface area contributed by atoms with Gasteiger partial charge in [0.25, 0.3) is 0 Å². The highest BCUT2D eigenvalue weighted by molar-refractivity contribution is 6.67. The Labute approximate surface area is 92.2 Å². The quantitative estimate of drug-likeness (QED) is 0.548. The second kappa shape index (κ2) is 10.0. The van der Waals surface area contributed by atoms with Crippen LogP contribution >= 0.6 is 23.2 Å². The second-order valence-electron chi connectivity index (χ2n) is 1.97. The monoisotopic (exact) mass is 233 g/mol. The fourth-order valence-corrected chi connectivity index (χ4v) is 0.513. The summed E-state index contributed by atoms with van der Waals surface area (Å²) in [5.74, 6) is -0.0957. The number of carbonyl (C=O) groups is 1. The van der Waals surface area contributed by atoms with E-state index in [1.807, 2.05) is 24.3 Å². The fourth-order valence-electron chi connectivity index (χ4n) is 0.513. The van der Waals surface area contributed by atoms with E-state index < -0.39 is 5.24 Å². The summed E-state index contributed by atoms with van der Waals surface area (Å²) >= 11 is 9.55. The summed E-state index contributed by atoms with van der Waals surface area (Å²) in [4.78, 5) is 9.45. The van der Waals surface area contributed by atoms with Gasteiger partial charge in [-0.1, -0.05) is 18.2 Å². The molecule has 76 valence electrons. The first-order chi connectivity index (χ1) is 6.20. The number of nitrogens with zero attached hydrogens (tertiary/aromatic N) is 1. The summed E-state index contributed by atoms with van der Waals surface area (Å²) < 4.78 is 0. The van der Waals surface area contributed by atoms with Crippen molar-refractivity contribution < 1.29 is 10.3 Å². The molecule has 1 aromatic carbocycles. The lowest BCUT2D eigenvalue weighted by molar-refractivity contribution is -0.109. The number of carbonyl (C=O) groups excluding carboxylic acids is 1. The predicted molar refractivity (Wildman–Crippen MR) is 56.4 cm³/mol. The summed E-state index contributed by atoms with van der Waals surface area (Å²) in [5, 5.41) is 7.78. The maximum absolute atomic E-state index is 9.45. The molecule has 0 aliphatic heterocycles. The summed E-state index contributed by atoms with van der Waals surface area (Å²) in [5.41, 5.74) is 0.715. The molecule has 0 fully saturated rings. The van der Waals surface area contributed by atoms with Crippen LogP contribution in [0.25, 0.3) is 0 Å². The van der Waals surface area contributed by atoms with Gasteiger partial charge in [0.2, 0.25) is 5.24 Å². The van der Waals surface area contributed by atoms with Crippen LogP contribution in [-0.2, 0) is 4.79 Å². The van der Waals surface area contributed by atoms with E-state index in [0.29, 0.717) is 5.56 Å². The molecule has 0 heterocycles. The maximum Gasteiger partial charge on any atom is 0.236 e. The number of nitriles is 1. The minimum Gasteiger partial charge on any atom is -0.412 e. The van der Waals surface area contributed by atoms with Crippen molar-refractivity contribution in [1.82, 2.24) is 0 Å². The van der Waals surface area contributed by atoms with E-state index in [0.717, 1.165) is 0 Å². The van der Waals surface area contributed by atoms with Crippen molar-refractivity contribution in [2.45, 2.75) is 0 Å². The third-order valence-electron chi connectivity index (χ3n) is 1.01. The normalized spacial score (nSPS) is 7.21. The van der Waals surface area contributed by atoms with E-state index in [9.17, 15) is 4.79 Å². The molecule has 0 aliphatic carbocycles. The van der Waals surface area contributed by atoms with Gasteiger partial charge in [0, 0.05) is 0 Å². The molecule has 14 heavy (non-hydrogen) atoms. The first-order valence-electron chi connectivity index (χ1n) is 3.40. The number of rotatable bonds is 1. The van der Waals surface area contributed by atoms with Crippen molar-refractivity contribution in [3.05, 3.63) is 35.9 Å². The average Bonchev–Trinajstić information content (AvgIpc) is 2.20. The van der Waals surface area contributed by atoms with Gasteiger partial charge in [0.15, 0.2) is 0 Å². The van der Waals surface area contributed by atoms with Gasteiger partial charge in [-0.15, -0.1) is 11.6 Å². The predicted octanol–water partition coefficient (Wildman–Crippen LogP) is 1.72. The Morgan fingerprint density at radius 3 is 2.00 bits per heavy atom. The molecule has 3 nitrogen and oxygen atoms in total. The minimum absolute atomic E-state index is 0. The molecular weight excluding hydrogens is 225 g/mol. The Morgan fingerprint density at radius 2 is 1.79 bits per heavy atom. The van der Waals surface area contributed by atoms with Gasteiger partial charge < -0.3 is 5.48 Å². The third kappa shape index (κ3) is 9.01. The zero-order valence-corrected chi connectivity index (χ0v) is 8.72. The van der Waals surface area contributed by atoms with E-state index in [1.165, 1.54) is 0 Å². The van der Waals surface area contributed by atoms with Crippen molar-refractivity contribution in [3.63, 3.8) is 0 Å². The van der Waals surface area contributed by atoms with Crippen LogP contribution in [0.15, 0.2) is 30.3 Å². The fraction of sp³-hybridized carbons (Fsp3) is 0.111. The molecule has 5 heteroatoms. The van der Waals surface area contributed by atoms with Gasteiger partial charge >= 0.3 is 0 Å². The SMILES string of the molecule is N#Cc1ccccc1.O.O=C(Cl)CCl. The van der Waals surface area contributed by atoms with Crippen LogP contribution in [0.1, 0.15) is 5.56 Å². The van der Waals surface area contributed by atoms with Gasteiger partial charge in [-0.05, 0) is 23.7 Å². The van der Waals surface area contributed by atoms with Gasteiger partial charge in [-0.2, -0.15) is 5.26 Å². The molecule has 1 aromatic rings. The standard InChI is InChI=1S/C7H5N.C2H2Cl2O.H2O/c8-6-7-4-2-1-3-5-7;3-1-2(4)5;/h1-5H;1H2;1H2. The lowest BCUT2D eigenvalue weighted by Crippen LogP contribution is -1.81. The molecular formula is C9H9Cl2NO2. The zero-order chi connectivity index (χ0) is 10.1. The lowest BCUT2D eigenvalue weighted by atomic mass is 10.2. The molecule has 0 bridgehead atoms. The van der Waals surface area contributed by atoms with Crippen molar-refractivity contribution in [3.8, 4) is 6.07 Å². The van der Waals surface area contributed by atoms with Crippen LogP contribution in [0.2, 0.25) is 0 Å². The number of hydrogen-bond acceptors (Lipinski definition) is 2. The van der Waals surface area contributed by atoms with Crippen molar-refractivity contribution in [2.75, 3.05) is 5.88 Å². The van der Waals surface area contributed by atoms with E-state index >= 15 is 0 Å². The van der Waals surface area contributed by atoms with Gasteiger partial charge in [0.1, 0.15) is 0 Å². The zero-order valence-electron chi connectivity index (χ0n) is 7.21. The second-order valence-corrected chi connectivity index (χ2v) is 2.66. The van der Waals surface area contributed by atoms with Gasteiger partial charge in [-0.3, -0.25) is 4.79 Å². The molecule has 0 saturated heterocycles. The summed E-state index contributed by atoms with van der Waals surface area (Å²) in [7, 11) is 0. The molecule has 0 saturated carbocycles. The Morgan fingerprint density at radius 1 is 1.36 bits per heavy atom. The number of halogens is 2. The highest BCUT2D eigenvalue weighted by Crippen LogP contribution is 1.93. The van der Waals surface area contributed by atoms with E-state index in [1.54, 1.807) is 12.1 Å². The maximum atomic E-state index is 9.45. The Bertz CT molecular complexity index is 295. The molecule has 0 aliphatic rings. The van der Waals surface area contributed by atoms with E-state index in [4.69, 9.17) is 28.5 Å². The van der Waals surface area contributed by atoms with Crippen LogP contribution in [-0.4, -0.2) is 16.6 Å². The highest BCUT2D eigenvalue weighted by Gasteiger charge is 1.83. The molecule has 0 atom stereocenters. The molecule has 0 aromatic heterocycles. The van der Waals surface area contributed by atoms with Crippen molar-refractivity contribution >= 4 is 28.4 Å². The Kier molecular flexibility index (Phi) is 11.0. The number of hydrogen-bond donors (Lipinski definition) is 0. The smallest absolute Gasteiger partial charge is 0.236 e. The van der Waals surface area contributed by atoms with Crippen LogP contribution in [0.5, 0.6) is 0 Å². The lowest BCUT2D eigenvalue weighted by Gasteiger charge is -1.80. The largest absolute Gasteiger partial charge is 0.412 e. The van der Waals surface area contributed by atoms with E-state index in [2.05, 4.69) is 0 Å². The summed E-state index contributed by atoms with van der Waals surface area (Å²) in [6.07, 6.45) is 0. The minimum atomic E-state index is -0.508. The molecule has 1 rings (SSSR count). The number of alkyl halides is 1. The molecule has 0 radical (unpaired) electrons. The average molecular weight is 234 g/mol. The molecule has 0 amide bonds. The van der Waals surface area contributed by atoms with Crippen LogP contribution in [0, 0.1) is 11.3 Å². The van der Waals surface area contributed by atoms with Crippen LogP contribution in [0.3, 0.4) is 0 Å².